The number of rotatable bonds is 11. The van der Waals surface area contributed by atoms with Crippen molar-refractivity contribution in [2.24, 2.45) is 5.92 Å². The van der Waals surface area contributed by atoms with Crippen molar-refractivity contribution in [1.29, 1.82) is 0 Å². The molecule has 204 valence electrons. The Labute approximate surface area is 224 Å². The van der Waals surface area contributed by atoms with Gasteiger partial charge in [0.05, 0.1) is 36.8 Å². The molecule has 1 aliphatic rings. The molecule has 3 aromatic rings. The van der Waals surface area contributed by atoms with Gasteiger partial charge in [0.2, 0.25) is 5.76 Å². The first-order valence-corrected chi connectivity index (χ1v) is 13.4. The van der Waals surface area contributed by atoms with E-state index in [0.717, 1.165) is 23.1 Å². The van der Waals surface area contributed by atoms with Gasteiger partial charge in [-0.25, -0.2) is 0 Å². The van der Waals surface area contributed by atoms with E-state index in [0.29, 0.717) is 60.1 Å². The fourth-order valence-corrected chi connectivity index (χ4v) is 4.98. The molecule has 1 unspecified atom stereocenters. The standard InChI is InChI=1S/C31H39NO6/c1-18(2)11-14-37-24-10-9-22(17-25(24)35-7)27-26-28(33)23-16-20(5)15-21(6)29(23)38-30(26)31(34)32(27)12-8-13-36-19(3)4/h9-10,15-19,27H,8,11-14H2,1-7H3. The molecule has 0 bridgehead atoms. The van der Waals surface area contributed by atoms with Crippen LogP contribution in [0.1, 0.15) is 79.4 Å². The molecular weight excluding hydrogens is 482 g/mol. The summed E-state index contributed by atoms with van der Waals surface area (Å²) in [5, 5.41) is 0.490. The van der Waals surface area contributed by atoms with E-state index in [1.165, 1.54) is 0 Å². The Morgan fingerprint density at radius 3 is 2.45 bits per heavy atom. The summed E-state index contributed by atoms with van der Waals surface area (Å²) in [6, 6.07) is 8.81. The number of carbonyl (C=O) groups is 1. The van der Waals surface area contributed by atoms with Crippen molar-refractivity contribution in [2.75, 3.05) is 26.9 Å². The van der Waals surface area contributed by atoms with E-state index in [-0.39, 0.29) is 23.2 Å². The molecule has 7 nitrogen and oxygen atoms in total. The SMILES string of the molecule is COc1cc(C2c3c(oc4c(C)cc(C)cc4c3=O)C(=O)N2CCCOC(C)C)ccc1OCCC(C)C. The van der Waals surface area contributed by atoms with E-state index in [9.17, 15) is 9.59 Å². The van der Waals surface area contributed by atoms with Crippen LogP contribution < -0.4 is 14.9 Å². The lowest BCUT2D eigenvalue weighted by molar-refractivity contribution is 0.0593. The molecule has 1 amide bonds. The molecule has 7 heteroatoms. The molecule has 2 heterocycles. The minimum atomic E-state index is -0.600. The number of benzene rings is 2. The summed E-state index contributed by atoms with van der Waals surface area (Å²) in [7, 11) is 1.59. The molecule has 0 N–H and O–H groups in total. The summed E-state index contributed by atoms with van der Waals surface area (Å²) in [6.45, 7) is 13.6. The Morgan fingerprint density at radius 2 is 1.76 bits per heavy atom. The number of amides is 1. The third kappa shape index (κ3) is 5.58. The highest BCUT2D eigenvalue weighted by Gasteiger charge is 2.43. The highest BCUT2D eigenvalue weighted by atomic mass is 16.5. The monoisotopic (exact) mass is 521 g/mol. The van der Waals surface area contributed by atoms with E-state index in [4.69, 9.17) is 18.6 Å². The zero-order chi connectivity index (χ0) is 27.6. The average molecular weight is 522 g/mol. The van der Waals surface area contributed by atoms with Crippen molar-refractivity contribution in [3.63, 3.8) is 0 Å². The van der Waals surface area contributed by atoms with Crippen LogP contribution >= 0.6 is 0 Å². The smallest absolute Gasteiger partial charge is 0.290 e. The van der Waals surface area contributed by atoms with Crippen molar-refractivity contribution in [3.8, 4) is 11.5 Å². The minimum absolute atomic E-state index is 0.101. The van der Waals surface area contributed by atoms with Gasteiger partial charge >= 0.3 is 0 Å². The fourth-order valence-electron chi connectivity index (χ4n) is 4.98. The molecule has 4 rings (SSSR count). The van der Waals surface area contributed by atoms with Gasteiger partial charge in [-0.05, 0) is 81.3 Å². The number of fused-ring (bicyclic) bond motifs is 2. The van der Waals surface area contributed by atoms with Crippen LogP contribution in [0.2, 0.25) is 0 Å². The van der Waals surface area contributed by atoms with Gasteiger partial charge in [0, 0.05) is 13.2 Å². The van der Waals surface area contributed by atoms with Crippen LogP contribution in [0.25, 0.3) is 11.0 Å². The van der Waals surface area contributed by atoms with Gasteiger partial charge in [-0.2, -0.15) is 0 Å². The third-order valence-corrected chi connectivity index (χ3v) is 6.85. The molecule has 0 radical (unpaired) electrons. The van der Waals surface area contributed by atoms with E-state index < -0.39 is 6.04 Å². The van der Waals surface area contributed by atoms with Crippen LogP contribution in [0, 0.1) is 19.8 Å². The average Bonchev–Trinajstić information content (AvgIpc) is 3.14. The van der Waals surface area contributed by atoms with E-state index in [1.807, 2.05) is 58.0 Å². The zero-order valence-electron chi connectivity index (χ0n) is 23.6. The second kappa shape index (κ2) is 11.6. The first kappa shape index (κ1) is 27.7. The van der Waals surface area contributed by atoms with Gasteiger partial charge in [0.25, 0.3) is 5.91 Å². The van der Waals surface area contributed by atoms with Gasteiger partial charge in [0.15, 0.2) is 16.9 Å². The van der Waals surface area contributed by atoms with Crippen molar-refractivity contribution in [2.45, 2.75) is 66.5 Å². The lowest BCUT2D eigenvalue weighted by atomic mass is 9.97. The first-order chi connectivity index (χ1) is 18.1. The predicted molar refractivity (Wildman–Crippen MR) is 148 cm³/mol. The van der Waals surface area contributed by atoms with Crippen molar-refractivity contribution in [1.82, 2.24) is 4.90 Å². The molecule has 0 spiro atoms. The normalized spacial score (nSPS) is 15.1. The van der Waals surface area contributed by atoms with Gasteiger partial charge in [0.1, 0.15) is 5.58 Å². The Balaban J connectivity index is 1.80. The lowest BCUT2D eigenvalue weighted by Gasteiger charge is -2.26. The van der Waals surface area contributed by atoms with Crippen LogP contribution in [-0.2, 0) is 4.74 Å². The predicted octanol–water partition coefficient (Wildman–Crippen LogP) is 6.20. The van der Waals surface area contributed by atoms with Crippen LogP contribution in [0.15, 0.2) is 39.5 Å². The summed E-state index contributed by atoms with van der Waals surface area (Å²) in [4.78, 5) is 29.3. The van der Waals surface area contributed by atoms with Gasteiger partial charge in [-0.1, -0.05) is 26.0 Å². The molecule has 0 aliphatic carbocycles. The van der Waals surface area contributed by atoms with Crippen molar-refractivity contribution < 1.29 is 23.4 Å². The number of ether oxygens (including phenoxy) is 3. The molecular formula is C31H39NO6. The number of aryl methyl sites for hydroxylation is 2. The number of methoxy groups -OCH3 is 1. The van der Waals surface area contributed by atoms with Gasteiger partial charge < -0.3 is 23.5 Å². The molecule has 1 atom stereocenters. The number of hydrogen-bond donors (Lipinski definition) is 0. The van der Waals surface area contributed by atoms with Crippen LogP contribution in [0.3, 0.4) is 0 Å². The Morgan fingerprint density at radius 1 is 1.00 bits per heavy atom. The Kier molecular flexibility index (Phi) is 8.46. The van der Waals surface area contributed by atoms with Crippen molar-refractivity contribution in [3.05, 3.63) is 68.6 Å². The Hall–Kier alpha value is -3.32. The van der Waals surface area contributed by atoms with Crippen molar-refractivity contribution >= 4 is 16.9 Å². The maximum absolute atomic E-state index is 13.9. The molecule has 1 aromatic heterocycles. The fraction of sp³-hybridized carbons (Fsp3) is 0.484. The molecule has 1 aliphatic heterocycles. The first-order valence-electron chi connectivity index (χ1n) is 13.4. The second-order valence-electron chi connectivity index (χ2n) is 10.7. The maximum Gasteiger partial charge on any atom is 0.290 e. The summed E-state index contributed by atoms with van der Waals surface area (Å²) < 4.78 is 23.5. The van der Waals surface area contributed by atoms with Crippen LogP contribution in [0.4, 0.5) is 0 Å². The summed E-state index contributed by atoms with van der Waals surface area (Å²) in [5.41, 5.74) is 3.22. The molecule has 0 saturated heterocycles. The quantitative estimate of drug-likeness (QED) is 0.280. The summed E-state index contributed by atoms with van der Waals surface area (Å²) in [6.07, 6.45) is 1.66. The highest BCUT2D eigenvalue weighted by molar-refractivity contribution is 5.99. The molecule has 0 saturated carbocycles. The summed E-state index contributed by atoms with van der Waals surface area (Å²) in [5.74, 6) is 1.54. The summed E-state index contributed by atoms with van der Waals surface area (Å²) >= 11 is 0. The topological polar surface area (TPSA) is 78.2 Å². The van der Waals surface area contributed by atoms with E-state index >= 15 is 0 Å². The van der Waals surface area contributed by atoms with E-state index in [1.54, 1.807) is 12.0 Å². The van der Waals surface area contributed by atoms with Crippen LogP contribution in [0.5, 0.6) is 11.5 Å². The third-order valence-electron chi connectivity index (χ3n) is 6.85. The number of nitrogens with zero attached hydrogens (tertiary/aromatic N) is 1. The Bertz CT molecular complexity index is 1370. The van der Waals surface area contributed by atoms with Gasteiger partial charge in [-0.3, -0.25) is 9.59 Å². The van der Waals surface area contributed by atoms with E-state index in [2.05, 4.69) is 13.8 Å². The molecule has 0 fully saturated rings. The zero-order valence-corrected chi connectivity index (χ0v) is 23.6. The molecule has 2 aromatic carbocycles. The van der Waals surface area contributed by atoms with Gasteiger partial charge in [-0.15, -0.1) is 0 Å². The number of hydrogen-bond acceptors (Lipinski definition) is 6. The second-order valence-corrected chi connectivity index (χ2v) is 10.7. The minimum Gasteiger partial charge on any atom is -0.493 e. The molecule has 38 heavy (non-hydrogen) atoms. The lowest BCUT2D eigenvalue weighted by Crippen LogP contribution is -2.31. The maximum atomic E-state index is 13.9. The largest absolute Gasteiger partial charge is 0.493 e. The highest BCUT2D eigenvalue weighted by Crippen LogP contribution is 2.41. The number of carbonyl (C=O) groups excluding carboxylic acids is 1. The van der Waals surface area contributed by atoms with Crippen LogP contribution in [-0.4, -0.2) is 43.8 Å².